The molecule has 0 saturated heterocycles. The molecule has 1 unspecified atom stereocenters. The molecule has 0 aromatic heterocycles. The van der Waals surface area contributed by atoms with Gasteiger partial charge in [-0.25, -0.2) is 0 Å². The molecule has 0 radical (unpaired) electrons. The number of hydrogen-bond donors (Lipinski definition) is 1. The van der Waals surface area contributed by atoms with Crippen LogP contribution in [0.15, 0.2) is 30.3 Å². The highest BCUT2D eigenvalue weighted by atomic mass is 32.2. The first-order valence-electron chi connectivity index (χ1n) is 6.63. The van der Waals surface area contributed by atoms with E-state index in [2.05, 4.69) is 48.8 Å². The van der Waals surface area contributed by atoms with Gasteiger partial charge in [0.05, 0.1) is 0 Å². The van der Waals surface area contributed by atoms with Gasteiger partial charge in [-0.05, 0) is 44.4 Å². The van der Waals surface area contributed by atoms with Crippen LogP contribution in [0, 0.1) is 0 Å². The Morgan fingerprint density at radius 1 is 1.12 bits per heavy atom. The molecule has 2 rings (SSSR count). The summed E-state index contributed by atoms with van der Waals surface area (Å²) in [5.41, 5.74) is 1.40. The van der Waals surface area contributed by atoms with E-state index < -0.39 is 0 Å². The van der Waals surface area contributed by atoms with Gasteiger partial charge in [-0.2, -0.15) is 11.8 Å². The van der Waals surface area contributed by atoms with Crippen molar-refractivity contribution in [1.29, 1.82) is 0 Å². The summed E-state index contributed by atoms with van der Waals surface area (Å²) in [6.45, 7) is 2.27. The van der Waals surface area contributed by atoms with Gasteiger partial charge in [-0.15, -0.1) is 0 Å². The maximum atomic E-state index is 3.77. The number of benzene rings is 1. The Labute approximate surface area is 109 Å². The highest BCUT2D eigenvalue weighted by molar-refractivity contribution is 7.99. The predicted octanol–water partition coefficient (Wildman–Crippen LogP) is 4.01. The molecule has 0 spiro atoms. The third kappa shape index (κ3) is 3.75. The monoisotopic (exact) mass is 249 g/mol. The zero-order valence-electron chi connectivity index (χ0n) is 10.9. The van der Waals surface area contributed by atoms with E-state index in [9.17, 15) is 0 Å². The number of hydrogen-bond acceptors (Lipinski definition) is 2. The van der Waals surface area contributed by atoms with Crippen LogP contribution in [0.1, 0.15) is 44.2 Å². The van der Waals surface area contributed by atoms with E-state index in [1.807, 2.05) is 11.8 Å². The topological polar surface area (TPSA) is 12.0 Å². The maximum Gasteiger partial charge on any atom is 0.0294 e. The summed E-state index contributed by atoms with van der Waals surface area (Å²) < 4.78 is 0. The van der Waals surface area contributed by atoms with Gasteiger partial charge in [-0.1, -0.05) is 30.3 Å². The molecule has 17 heavy (non-hydrogen) atoms. The van der Waals surface area contributed by atoms with Gasteiger partial charge >= 0.3 is 0 Å². The molecule has 0 bridgehead atoms. The lowest BCUT2D eigenvalue weighted by atomic mass is 9.94. The first kappa shape index (κ1) is 13.0. The quantitative estimate of drug-likeness (QED) is 0.865. The number of nitrogens with one attached hydrogen (secondary N) is 1. The van der Waals surface area contributed by atoms with Gasteiger partial charge in [-0.3, -0.25) is 0 Å². The minimum Gasteiger partial charge on any atom is -0.307 e. The zero-order chi connectivity index (χ0) is 12.1. The standard InChI is InChI=1S/C15H23NS/c1-12(13-6-4-3-5-7-13)16-14-8-10-15(17-2)11-9-14/h3-7,12,14-16H,8-11H2,1-2H3. The van der Waals surface area contributed by atoms with Crippen molar-refractivity contribution in [1.82, 2.24) is 5.32 Å². The van der Waals surface area contributed by atoms with E-state index in [4.69, 9.17) is 0 Å². The molecule has 0 heterocycles. The van der Waals surface area contributed by atoms with E-state index in [0.29, 0.717) is 12.1 Å². The van der Waals surface area contributed by atoms with Crippen molar-refractivity contribution in [2.24, 2.45) is 0 Å². The second kappa shape index (κ2) is 6.46. The largest absolute Gasteiger partial charge is 0.307 e. The third-order valence-corrected chi connectivity index (χ3v) is 4.93. The zero-order valence-corrected chi connectivity index (χ0v) is 11.7. The molecule has 1 fully saturated rings. The van der Waals surface area contributed by atoms with Crippen LogP contribution in [0.5, 0.6) is 0 Å². The Morgan fingerprint density at radius 2 is 1.76 bits per heavy atom. The van der Waals surface area contributed by atoms with Crippen LogP contribution in [-0.4, -0.2) is 17.5 Å². The Morgan fingerprint density at radius 3 is 2.35 bits per heavy atom. The lowest BCUT2D eigenvalue weighted by Crippen LogP contribution is -2.35. The van der Waals surface area contributed by atoms with Crippen LogP contribution < -0.4 is 5.32 Å². The van der Waals surface area contributed by atoms with E-state index in [1.54, 1.807) is 0 Å². The normalized spacial score (nSPS) is 26.7. The van der Waals surface area contributed by atoms with Crippen LogP contribution in [0.2, 0.25) is 0 Å². The second-order valence-corrected chi connectivity index (χ2v) is 6.15. The molecule has 0 aliphatic heterocycles. The fourth-order valence-corrected chi connectivity index (χ4v) is 3.40. The summed E-state index contributed by atoms with van der Waals surface area (Å²) in [5, 5.41) is 4.67. The van der Waals surface area contributed by atoms with Crippen LogP contribution >= 0.6 is 11.8 Å². The molecule has 1 aromatic carbocycles. The molecule has 1 atom stereocenters. The fraction of sp³-hybridized carbons (Fsp3) is 0.600. The maximum absolute atomic E-state index is 3.77. The predicted molar refractivity (Wildman–Crippen MR) is 77.6 cm³/mol. The first-order chi connectivity index (χ1) is 8.29. The third-order valence-electron chi connectivity index (χ3n) is 3.79. The Bertz CT molecular complexity index is 317. The Kier molecular flexibility index (Phi) is 4.93. The van der Waals surface area contributed by atoms with Crippen molar-refractivity contribution in [2.75, 3.05) is 6.26 Å². The summed E-state index contributed by atoms with van der Waals surface area (Å²) in [6, 6.07) is 12.0. The molecular weight excluding hydrogens is 226 g/mol. The van der Waals surface area contributed by atoms with Gasteiger partial charge < -0.3 is 5.32 Å². The summed E-state index contributed by atoms with van der Waals surface area (Å²) >= 11 is 2.04. The average molecular weight is 249 g/mol. The van der Waals surface area contributed by atoms with Gasteiger partial charge in [0.15, 0.2) is 0 Å². The molecule has 94 valence electrons. The number of rotatable bonds is 4. The molecule has 1 N–H and O–H groups in total. The van der Waals surface area contributed by atoms with Crippen molar-refractivity contribution in [3.8, 4) is 0 Å². The van der Waals surface area contributed by atoms with Gasteiger partial charge in [0, 0.05) is 17.3 Å². The smallest absolute Gasteiger partial charge is 0.0294 e. The van der Waals surface area contributed by atoms with Gasteiger partial charge in [0.1, 0.15) is 0 Å². The van der Waals surface area contributed by atoms with Crippen LogP contribution in [0.25, 0.3) is 0 Å². The van der Waals surface area contributed by atoms with Crippen LogP contribution in [0.3, 0.4) is 0 Å². The molecule has 0 amide bonds. The molecule has 2 heteroatoms. The molecule has 1 nitrogen and oxygen atoms in total. The molecule has 1 aliphatic carbocycles. The average Bonchev–Trinajstić information content (AvgIpc) is 2.40. The van der Waals surface area contributed by atoms with E-state index >= 15 is 0 Å². The molecule has 1 saturated carbocycles. The SMILES string of the molecule is CSC1CCC(NC(C)c2ccccc2)CC1. The van der Waals surface area contributed by atoms with E-state index in [0.717, 1.165) is 5.25 Å². The van der Waals surface area contributed by atoms with E-state index in [1.165, 1.54) is 31.2 Å². The molecule has 1 aliphatic rings. The molecule has 1 aromatic rings. The van der Waals surface area contributed by atoms with Crippen molar-refractivity contribution < 1.29 is 0 Å². The summed E-state index contributed by atoms with van der Waals surface area (Å²) in [4.78, 5) is 0. The minimum absolute atomic E-state index is 0.479. The van der Waals surface area contributed by atoms with Crippen molar-refractivity contribution >= 4 is 11.8 Å². The Balaban J connectivity index is 1.82. The van der Waals surface area contributed by atoms with Gasteiger partial charge in [0.25, 0.3) is 0 Å². The minimum atomic E-state index is 0.479. The van der Waals surface area contributed by atoms with Crippen LogP contribution in [0.4, 0.5) is 0 Å². The lowest BCUT2D eigenvalue weighted by Gasteiger charge is -2.30. The van der Waals surface area contributed by atoms with E-state index in [-0.39, 0.29) is 0 Å². The van der Waals surface area contributed by atoms with Crippen molar-refractivity contribution in [3.63, 3.8) is 0 Å². The summed E-state index contributed by atoms with van der Waals surface area (Å²) in [7, 11) is 0. The van der Waals surface area contributed by atoms with Crippen molar-refractivity contribution in [2.45, 2.75) is 49.9 Å². The Hall–Kier alpha value is -0.470. The summed E-state index contributed by atoms with van der Waals surface area (Å²) in [6.07, 6.45) is 7.66. The summed E-state index contributed by atoms with van der Waals surface area (Å²) in [5.74, 6) is 0. The van der Waals surface area contributed by atoms with Crippen molar-refractivity contribution in [3.05, 3.63) is 35.9 Å². The highest BCUT2D eigenvalue weighted by Crippen LogP contribution is 2.28. The van der Waals surface area contributed by atoms with Crippen LogP contribution in [-0.2, 0) is 0 Å². The number of thioether (sulfide) groups is 1. The molecular formula is C15H23NS. The van der Waals surface area contributed by atoms with Gasteiger partial charge in [0.2, 0.25) is 0 Å². The fourth-order valence-electron chi connectivity index (χ4n) is 2.66. The lowest BCUT2D eigenvalue weighted by molar-refractivity contribution is 0.352. The second-order valence-electron chi connectivity index (χ2n) is 5.01. The first-order valence-corrected chi connectivity index (χ1v) is 7.92. The highest BCUT2D eigenvalue weighted by Gasteiger charge is 2.21.